The maximum atomic E-state index is 5.08. The minimum absolute atomic E-state index is 0.182. The third kappa shape index (κ3) is 3.19. The molecule has 108 valence electrons. The van der Waals surface area contributed by atoms with Gasteiger partial charge >= 0.3 is 0 Å². The maximum Gasteiger partial charge on any atom is 0.212 e. The smallest absolute Gasteiger partial charge is 0.212 e. The first-order valence-corrected chi connectivity index (χ1v) is 7.36. The summed E-state index contributed by atoms with van der Waals surface area (Å²) < 4.78 is 8.11. The summed E-state index contributed by atoms with van der Waals surface area (Å²) in [6.45, 7) is 2.94. The zero-order valence-corrected chi connectivity index (χ0v) is 13.5. The van der Waals surface area contributed by atoms with Gasteiger partial charge in [-0.3, -0.25) is 4.68 Å². The fourth-order valence-electron chi connectivity index (χ4n) is 2.19. The first-order chi connectivity index (χ1) is 9.69. The van der Waals surface area contributed by atoms with Crippen LogP contribution in [-0.4, -0.2) is 28.9 Å². The lowest BCUT2D eigenvalue weighted by Gasteiger charge is -2.18. The number of ether oxygens (including phenoxy) is 1. The SMILES string of the molecule is CCn1ncc(Br)c1C(Cc1ccc(OC)nc1)NC. The number of pyridine rings is 1. The van der Waals surface area contributed by atoms with Crippen molar-refractivity contribution in [2.75, 3.05) is 14.2 Å². The molecule has 1 atom stereocenters. The number of hydrogen-bond donors (Lipinski definition) is 1. The van der Waals surface area contributed by atoms with Crippen LogP contribution >= 0.6 is 15.9 Å². The Labute approximate surface area is 127 Å². The second-order valence-corrected chi connectivity index (χ2v) is 5.30. The molecular formula is C14H19BrN4O. The monoisotopic (exact) mass is 338 g/mol. The second kappa shape index (κ2) is 6.85. The summed E-state index contributed by atoms with van der Waals surface area (Å²) in [5, 5.41) is 7.71. The van der Waals surface area contributed by atoms with E-state index in [-0.39, 0.29) is 6.04 Å². The number of rotatable bonds is 6. The zero-order chi connectivity index (χ0) is 14.5. The molecule has 2 rings (SSSR count). The van der Waals surface area contributed by atoms with Crippen LogP contribution in [0.3, 0.4) is 0 Å². The van der Waals surface area contributed by atoms with Crippen molar-refractivity contribution in [3.8, 4) is 5.88 Å². The lowest BCUT2D eigenvalue weighted by molar-refractivity contribution is 0.397. The van der Waals surface area contributed by atoms with Crippen LogP contribution in [0.15, 0.2) is 29.0 Å². The number of nitrogens with zero attached hydrogens (tertiary/aromatic N) is 3. The number of aromatic nitrogens is 3. The Kier molecular flexibility index (Phi) is 5.14. The van der Waals surface area contributed by atoms with E-state index in [1.54, 1.807) is 7.11 Å². The van der Waals surface area contributed by atoms with Gasteiger partial charge in [-0.05, 0) is 41.9 Å². The van der Waals surface area contributed by atoms with E-state index in [1.807, 2.05) is 36.3 Å². The Balaban J connectivity index is 2.21. The van der Waals surface area contributed by atoms with Crippen LogP contribution in [-0.2, 0) is 13.0 Å². The molecule has 0 aromatic carbocycles. The van der Waals surface area contributed by atoms with Crippen molar-refractivity contribution < 1.29 is 4.74 Å². The third-order valence-electron chi connectivity index (χ3n) is 3.26. The second-order valence-electron chi connectivity index (χ2n) is 4.45. The number of aryl methyl sites for hydroxylation is 1. The summed E-state index contributed by atoms with van der Waals surface area (Å²) in [6, 6.07) is 4.10. The van der Waals surface area contributed by atoms with Gasteiger partial charge in [-0.15, -0.1) is 0 Å². The van der Waals surface area contributed by atoms with E-state index in [4.69, 9.17) is 4.74 Å². The van der Waals surface area contributed by atoms with Crippen LogP contribution in [0, 0.1) is 0 Å². The fraction of sp³-hybridized carbons (Fsp3) is 0.429. The third-order valence-corrected chi connectivity index (χ3v) is 3.87. The average Bonchev–Trinajstić information content (AvgIpc) is 2.86. The van der Waals surface area contributed by atoms with Crippen molar-refractivity contribution in [3.63, 3.8) is 0 Å². The number of halogens is 1. The first kappa shape index (κ1) is 15.0. The Bertz CT molecular complexity index is 553. The molecule has 5 nitrogen and oxygen atoms in total. The van der Waals surface area contributed by atoms with Gasteiger partial charge in [-0.1, -0.05) is 6.07 Å². The highest BCUT2D eigenvalue weighted by molar-refractivity contribution is 9.10. The van der Waals surface area contributed by atoms with E-state index in [0.29, 0.717) is 5.88 Å². The molecule has 2 heterocycles. The van der Waals surface area contributed by atoms with Crippen LogP contribution in [0.4, 0.5) is 0 Å². The normalized spacial score (nSPS) is 12.4. The van der Waals surface area contributed by atoms with Gasteiger partial charge in [-0.25, -0.2) is 4.98 Å². The molecule has 0 spiro atoms. The topological polar surface area (TPSA) is 52.0 Å². The summed E-state index contributed by atoms with van der Waals surface area (Å²) in [4.78, 5) is 4.25. The van der Waals surface area contributed by atoms with Crippen LogP contribution in [0.5, 0.6) is 5.88 Å². The molecule has 0 aliphatic heterocycles. The van der Waals surface area contributed by atoms with Crippen molar-refractivity contribution >= 4 is 15.9 Å². The molecule has 1 unspecified atom stereocenters. The molecule has 2 aromatic heterocycles. The van der Waals surface area contributed by atoms with E-state index in [0.717, 1.165) is 28.7 Å². The molecule has 1 N–H and O–H groups in total. The van der Waals surface area contributed by atoms with E-state index < -0.39 is 0 Å². The number of hydrogen-bond acceptors (Lipinski definition) is 4. The molecule has 2 aromatic rings. The summed E-state index contributed by atoms with van der Waals surface area (Å²) >= 11 is 3.58. The lowest BCUT2D eigenvalue weighted by Crippen LogP contribution is -2.23. The molecule has 0 saturated carbocycles. The summed E-state index contributed by atoms with van der Waals surface area (Å²) in [6.07, 6.45) is 4.54. The Morgan fingerprint density at radius 1 is 1.40 bits per heavy atom. The average molecular weight is 339 g/mol. The van der Waals surface area contributed by atoms with Crippen LogP contribution in [0.25, 0.3) is 0 Å². The predicted molar refractivity (Wildman–Crippen MR) is 81.9 cm³/mol. The molecule has 0 aliphatic rings. The van der Waals surface area contributed by atoms with E-state index >= 15 is 0 Å². The molecule has 0 radical (unpaired) electrons. The van der Waals surface area contributed by atoms with Crippen molar-refractivity contribution in [2.45, 2.75) is 25.9 Å². The van der Waals surface area contributed by atoms with Gasteiger partial charge in [0.05, 0.1) is 29.5 Å². The maximum absolute atomic E-state index is 5.08. The van der Waals surface area contributed by atoms with Gasteiger partial charge in [-0.2, -0.15) is 5.10 Å². The van der Waals surface area contributed by atoms with Gasteiger partial charge in [0.1, 0.15) is 0 Å². The van der Waals surface area contributed by atoms with Gasteiger partial charge in [0.15, 0.2) is 0 Å². The first-order valence-electron chi connectivity index (χ1n) is 6.57. The molecule has 0 bridgehead atoms. The molecule has 0 aliphatic carbocycles. The minimum atomic E-state index is 0.182. The number of methoxy groups -OCH3 is 1. The molecular weight excluding hydrogens is 320 g/mol. The highest BCUT2D eigenvalue weighted by Crippen LogP contribution is 2.26. The van der Waals surface area contributed by atoms with Gasteiger partial charge in [0.25, 0.3) is 0 Å². The predicted octanol–water partition coefficient (Wildman–Crippen LogP) is 2.57. The highest BCUT2D eigenvalue weighted by Gasteiger charge is 2.18. The molecule has 20 heavy (non-hydrogen) atoms. The lowest BCUT2D eigenvalue weighted by atomic mass is 10.0. The van der Waals surface area contributed by atoms with Crippen LogP contribution in [0.1, 0.15) is 24.2 Å². The van der Waals surface area contributed by atoms with E-state index in [2.05, 4.69) is 38.3 Å². The van der Waals surface area contributed by atoms with Gasteiger partial charge in [0, 0.05) is 18.8 Å². The van der Waals surface area contributed by atoms with E-state index in [9.17, 15) is 0 Å². The Hall–Kier alpha value is -1.40. The van der Waals surface area contributed by atoms with Crippen molar-refractivity contribution in [1.82, 2.24) is 20.1 Å². The van der Waals surface area contributed by atoms with Gasteiger partial charge < -0.3 is 10.1 Å². The van der Waals surface area contributed by atoms with Crippen LogP contribution in [0.2, 0.25) is 0 Å². The largest absolute Gasteiger partial charge is 0.481 e. The Morgan fingerprint density at radius 3 is 2.75 bits per heavy atom. The van der Waals surface area contributed by atoms with Crippen molar-refractivity contribution in [2.24, 2.45) is 0 Å². The van der Waals surface area contributed by atoms with Crippen LogP contribution < -0.4 is 10.1 Å². The van der Waals surface area contributed by atoms with Gasteiger partial charge in [0.2, 0.25) is 5.88 Å². The number of likely N-dealkylation sites (N-methyl/N-ethyl adjacent to an activating group) is 1. The quantitative estimate of drug-likeness (QED) is 0.879. The summed E-state index contributed by atoms with van der Waals surface area (Å²) in [5.41, 5.74) is 2.31. The molecule has 0 saturated heterocycles. The van der Waals surface area contributed by atoms with Crippen molar-refractivity contribution in [3.05, 3.63) is 40.3 Å². The molecule has 0 amide bonds. The highest BCUT2D eigenvalue weighted by atomic mass is 79.9. The standard InChI is InChI=1S/C14H19BrN4O/c1-4-19-14(11(15)9-18-19)12(16-2)7-10-5-6-13(20-3)17-8-10/h5-6,8-9,12,16H,4,7H2,1-3H3. The number of nitrogens with one attached hydrogen (secondary N) is 1. The summed E-state index contributed by atoms with van der Waals surface area (Å²) in [5.74, 6) is 0.634. The zero-order valence-electron chi connectivity index (χ0n) is 11.9. The fourth-order valence-corrected chi connectivity index (χ4v) is 2.77. The molecule has 0 fully saturated rings. The van der Waals surface area contributed by atoms with Crippen molar-refractivity contribution in [1.29, 1.82) is 0 Å². The molecule has 6 heteroatoms. The van der Waals surface area contributed by atoms with E-state index in [1.165, 1.54) is 0 Å². The summed E-state index contributed by atoms with van der Waals surface area (Å²) in [7, 11) is 3.58. The minimum Gasteiger partial charge on any atom is -0.481 e. The Morgan fingerprint density at radius 2 is 2.20 bits per heavy atom.